The predicted octanol–water partition coefficient (Wildman–Crippen LogP) is 21.3. The lowest BCUT2D eigenvalue weighted by Gasteiger charge is -2.32. The fourth-order valence-corrected chi connectivity index (χ4v) is 18.0. The summed E-state index contributed by atoms with van der Waals surface area (Å²) in [6.45, 7) is 38.5. The first kappa shape index (κ1) is 88.7. The molecule has 0 amide bonds. The second-order valence-electron chi connectivity index (χ2n) is 39.4. The summed E-state index contributed by atoms with van der Waals surface area (Å²) >= 11 is 3.38. The summed E-state index contributed by atoms with van der Waals surface area (Å²) < 4.78 is 53.4. The van der Waals surface area contributed by atoms with Gasteiger partial charge in [-0.25, -0.2) is 0 Å². The molecular formula is C103H119BrN6O14. The highest BCUT2D eigenvalue weighted by Gasteiger charge is 2.37. The molecule has 3 atom stereocenters. The number of esters is 2. The number of H-pyrrole nitrogens is 1. The Bertz CT molecular complexity index is 6280. The van der Waals surface area contributed by atoms with Crippen molar-refractivity contribution in [3.8, 4) is 50.6 Å². The van der Waals surface area contributed by atoms with Crippen LogP contribution in [0.5, 0.6) is 17.2 Å². The number of benzene rings is 6. The molecule has 18 rings (SSSR count). The maximum atomic E-state index is 13.2. The molecule has 124 heavy (non-hydrogen) atoms. The molecule has 3 fully saturated rings. The maximum Gasteiger partial charge on any atom is 0.311 e. The molecule has 2 N–H and O–H groups in total. The Kier molecular flexibility index (Phi) is 25.3. The highest BCUT2D eigenvalue weighted by molar-refractivity contribution is 9.09. The zero-order valence-corrected chi connectivity index (χ0v) is 76.8. The van der Waals surface area contributed by atoms with Gasteiger partial charge in [0.25, 0.3) is 11.1 Å². The van der Waals surface area contributed by atoms with Crippen molar-refractivity contribution in [2.24, 2.45) is 28.6 Å². The van der Waals surface area contributed by atoms with Gasteiger partial charge in [0.15, 0.2) is 0 Å². The molecule has 0 bridgehead atoms. The van der Waals surface area contributed by atoms with Crippen molar-refractivity contribution in [3.63, 3.8) is 0 Å². The Morgan fingerprint density at radius 3 is 1.15 bits per heavy atom. The average molecular weight is 1750 g/mol. The Morgan fingerprint density at radius 2 is 0.806 bits per heavy atom. The molecule has 3 aliphatic carbocycles. The molecule has 0 unspecified atom stereocenters. The van der Waals surface area contributed by atoms with Crippen molar-refractivity contribution in [2.75, 3.05) is 45.0 Å². The zero-order valence-electron chi connectivity index (χ0n) is 75.2. The molecule has 6 aromatic carbocycles. The largest absolute Gasteiger partial charge is 0.493 e. The van der Waals surface area contributed by atoms with E-state index in [4.69, 9.17) is 52.8 Å². The number of aliphatic hydroxyl groups is 1. The standard InChI is InChI=1S/C36H42N2O5.C32H36N2O5.C31H34N2O4.C4H7Br/c1-21-18-26-24(11-13-29(39)38(26)19-22-8-9-22)32(25-10-12-27-31-23(15-17-41-27)14-16-37-33(25)31)30(21)28(43-36(5,6)7)20-42-34(40)35(2,3)4;1-18-16-22-20(9-11-25(35)34-22)28(21-8-10-23-27-19(13-15-37-23)12-14-33-29(21)27)26(18)24(39-32(5,6)7)17-38-30(36)31(2,3)4;1-18-15-23-21(8-10-26(35)33(23)16-19-5-6-19)29(27(18)25(17-34)37-31(2,3)4)22-7-9-24-28-20(12-14-36-24)11-13-32-30(22)28;5-3-4-1-2-4/h10-14,16,18,22,28H,8-9,15,17,19-20H2,1-7H3;8-12,14,16,24H,13,15,17H2,1-7H3,(H,34,35);7-11,13,15,19,25,34H,5-6,12,14,16-17H2,1-4H3;4H,1-3H2/t28-;24-;25-;/m111./s1. The molecule has 0 saturated heterocycles. The Labute approximate surface area is 734 Å². The van der Waals surface area contributed by atoms with E-state index >= 15 is 0 Å². The minimum Gasteiger partial charge on any atom is -0.493 e. The van der Waals surface area contributed by atoms with Gasteiger partial charge in [0.1, 0.15) is 48.8 Å². The number of aliphatic hydroxyl groups excluding tert-OH is 1. The highest BCUT2D eigenvalue weighted by Crippen LogP contribution is 2.51. The smallest absolute Gasteiger partial charge is 0.311 e. The fourth-order valence-electron chi connectivity index (χ4n) is 17.4. The van der Waals surface area contributed by atoms with E-state index in [0.29, 0.717) is 38.2 Å². The molecular weight excluding hydrogens is 1630 g/mol. The fraction of sp³-hybridized carbons (Fsp3) is 0.456. The van der Waals surface area contributed by atoms with Crippen molar-refractivity contribution >= 4 is 93.3 Å². The summed E-state index contributed by atoms with van der Waals surface area (Å²) in [7, 11) is 0. The van der Waals surface area contributed by atoms with Gasteiger partial charge < -0.3 is 57.1 Å². The lowest BCUT2D eigenvalue weighted by molar-refractivity contribution is -0.162. The van der Waals surface area contributed by atoms with Crippen LogP contribution in [0.3, 0.4) is 0 Å². The third kappa shape index (κ3) is 19.4. The Morgan fingerprint density at radius 1 is 0.460 bits per heavy atom. The zero-order chi connectivity index (χ0) is 88.4. The first-order valence-electron chi connectivity index (χ1n) is 44.0. The maximum absolute atomic E-state index is 13.2. The summed E-state index contributed by atoms with van der Waals surface area (Å²) in [6, 6.07) is 35.1. The first-order valence-corrected chi connectivity index (χ1v) is 45.1. The number of aromatic nitrogens is 6. The molecule has 21 heteroatoms. The molecule has 12 aromatic rings. The monoisotopic (exact) mass is 1740 g/mol. The van der Waals surface area contributed by atoms with Crippen LogP contribution in [0.2, 0.25) is 0 Å². The number of carbonyl (C=O) groups is 2. The number of aromatic amines is 1. The van der Waals surface area contributed by atoms with Crippen molar-refractivity contribution in [1.29, 1.82) is 0 Å². The molecule has 6 aromatic heterocycles. The molecule has 20 nitrogen and oxygen atoms in total. The lowest BCUT2D eigenvalue weighted by atomic mass is 9.86. The Balaban J connectivity index is 0.000000140. The van der Waals surface area contributed by atoms with Crippen LogP contribution in [0.1, 0.15) is 211 Å². The van der Waals surface area contributed by atoms with Gasteiger partial charge in [-0.15, -0.1) is 0 Å². The second-order valence-corrected chi connectivity index (χ2v) is 40.0. The molecule has 652 valence electrons. The van der Waals surface area contributed by atoms with E-state index in [2.05, 4.69) is 64.2 Å². The number of alkyl halides is 1. The number of hydrogen-bond donors (Lipinski definition) is 2. The number of aryl methyl sites for hydroxylation is 3. The van der Waals surface area contributed by atoms with Gasteiger partial charge in [0, 0.05) is 129 Å². The minimum atomic E-state index is -0.646. The van der Waals surface area contributed by atoms with E-state index in [9.17, 15) is 29.1 Å². The predicted molar refractivity (Wildman–Crippen MR) is 496 cm³/mol. The van der Waals surface area contributed by atoms with Crippen LogP contribution in [0.4, 0.5) is 0 Å². The molecule has 3 aliphatic heterocycles. The molecule has 0 radical (unpaired) electrons. The van der Waals surface area contributed by atoms with Crippen LogP contribution in [-0.2, 0) is 65.6 Å². The quantitative estimate of drug-likeness (QED) is 0.0564. The van der Waals surface area contributed by atoms with Crippen LogP contribution in [0, 0.1) is 49.4 Å². The summed E-state index contributed by atoms with van der Waals surface area (Å²) in [6.07, 6.45) is 13.9. The van der Waals surface area contributed by atoms with Crippen molar-refractivity contribution in [3.05, 3.63) is 209 Å². The third-order valence-electron chi connectivity index (χ3n) is 23.6. The SMILES string of the molecule is BrCC1CC1.Cc1cc2[nH]c(=O)ccc2c(-c2ccc3c4c(ccnc24)CCO3)c1[C@@H](COC(=O)C(C)(C)C)OC(C)(C)C.Cc1cc2c(ccc(=O)n2CC2CC2)c(-c2ccc3c4c(ccnc24)CCO3)c1[C@@H](CO)OC(C)(C)C.Cc1cc2c(ccc(=O)n2CC2CC2)c(-c2ccc3c4c(ccnc24)CCO3)c1[C@@H](COC(=O)C(C)(C)C)OC(C)(C)C. The summed E-state index contributed by atoms with van der Waals surface area (Å²) in [5.74, 6) is 4.05. The average Bonchev–Trinajstić information content (AvgIpc) is 0.948. The summed E-state index contributed by atoms with van der Waals surface area (Å²) in [5, 5.41) is 17.6. The number of halogens is 1. The Hall–Kier alpha value is -10.2. The van der Waals surface area contributed by atoms with E-state index in [1.807, 2.05) is 200 Å². The minimum absolute atomic E-state index is 0.00233. The number of pyridine rings is 6. The molecule has 3 saturated carbocycles. The molecule has 6 aliphatic rings. The van der Waals surface area contributed by atoms with Gasteiger partial charge in [-0.05, 0) is 339 Å². The van der Waals surface area contributed by atoms with Gasteiger partial charge in [-0.1, -0.05) is 15.9 Å². The first-order chi connectivity index (χ1) is 58.8. The van der Waals surface area contributed by atoms with Crippen LogP contribution in [0.15, 0.2) is 142 Å². The highest BCUT2D eigenvalue weighted by atomic mass is 79.9. The van der Waals surface area contributed by atoms with Crippen LogP contribution in [-0.4, -0.2) is 108 Å². The van der Waals surface area contributed by atoms with Gasteiger partial charge >= 0.3 is 11.9 Å². The number of rotatable bonds is 19. The van der Waals surface area contributed by atoms with Gasteiger partial charge in [0.2, 0.25) is 5.56 Å². The normalized spacial score (nSPS) is 15.8. The third-order valence-corrected chi connectivity index (χ3v) is 24.6. The number of hydrogen-bond acceptors (Lipinski definition) is 17. The van der Waals surface area contributed by atoms with Crippen LogP contribution >= 0.6 is 15.9 Å². The van der Waals surface area contributed by atoms with Gasteiger partial charge in [-0.3, -0.25) is 38.9 Å². The summed E-state index contributed by atoms with van der Waals surface area (Å²) in [5.41, 5.74) is 17.0. The van der Waals surface area contributed by atoms with Crippen molar-refractivity contribution < 1.29 is 52.6 Å². The van der Waals surface area contributed by atoms with E-state index in [1.165, 1.54) is 40.9 Å². The topological polar surface area (TPSA) is 244 Å². The van der Waals surface area contributed by atoms with Crippen LogP contribution < -0.4 is 30.9 Å². The van der Waals surface area contributed by atoms with Crippen molar-refractivity contribution in [2.45, 2.75) is 231 Å². The van der Waals surface area contributed by atoms with E-state index in [0.717, 1.165) is 207 Å². The lowest BCUT2D eigenvalue weighted by Crippen LogP contribution is -2.30. The number of carbonyl (C=O) groups excluding carboxylic acids is 2. The molecule has 0 spiro atoms. The van der Waals surface area contributed by atoms with Gasteiger partial charge in [0.05, 0.1) is 81.6 Å². The number of ether oxygens (including phenoxy) is 8. The molecule has 9 heterocycles. The van der Waals surface area contributed by atoms with E-state index in [1.54, 1.807) is 12.1 Å². The van der Waals surface area contributed by atoms with Crippen molar-refractivity contribution in [1.82, 2.24) is 29.1 Å². The summed E-state index contributed by atoms with van der Waals surface area (Å²) in [4.78, 5) is 81.9. The number of nitrogens with one attached hydrogen (secondary N) is 1. The number of nitrogens with zero attached hydrogens (tertiary/aromatic N) is 5. The number of fused-ring (bicyclic) bond motifs is 3. The van der Waals surface area contributed by atoms with Crippen LogP contribution in [0.25, 0.3) is 98.8 Å². The van der Waals surface area contributed by atoms with Gasteiger partial charge in [-0.2, -0.15) is 0 Å². The van der Waals surface area contributed by atoms with E-state index < -0.39 is 45.9 Å². The van der Waals surface area contributed by atoms with E-state index in [-0.39, 0.29) is 48.4 Å². The second kappa shape index (κ2) is 35.3.